The summed E-state index contributed by atoms with van der Waals surface area (Å²) in [5.74, 6) is -0.524. The van der Waals surface area contributed by atoms with E-state index in [1.807, 2.05) is 12.1 Å². The molecule has 4 N–H and O–H groups in total. The summed E-state index contributed by atoms with van der Waals surface area (Å²) in [6.45, 7) is 0. The van der Waals surface area contributed by atoms with Gasteiger partial charge >= 0.3 is 5.97 Å². The lowest BCUT2D eigenvalue weighted by atomic mass is 10.1. The number of anilines is 2. The van der Waals surface area contributed by atoms with E-state index < -0.39 is 5.97 Å². The van der Waals surface area contributed by atoms with Gasteiger partial charge in [0.15, 0.2) is 0 Å². The maximum atomic E-state index is 13.2. The second kappa shape index (κ2) is 5.89. The Hall–Kier alpha value is -3.32. The van der Waals surface area contributed by atoms with Gasteiger partial charge in [0.2, 0.25) is 0 Å². The number of pyridine rings is 1. The number of rotatable bonds is 2. The summed E-state index contributed by atoms with van der Waals surface area (Å²) in [5.41, 5.74) is 13.4. The summed E-state index contributed by atoms with van der Waals surface area (Å²) >= 11 is 1.14. The number of thiophene rings is 1. The number of carbonyl (C=O) groups is 1. The van der Waals surface area contributed by atoms with Gasteiger partial charge in [-0.2, -0.15) is 0 Å². The van der Waals surface area contributed by atoms with Crippen LogP contribution in [0.2, 0.25) is 0 Å². The van der Waals surface area contributed by atoms with Crippen LogP contribution in [0.4, 0.5) is 11.4 Å². The molecule has 26 heavy (non-hydrogen) atoms. The van der Waals surface area contributed by atoms with E-state index in [-0.39, 0.29) is 10.4 Å². The van der Waals surface area contributed by atoms with Gasteiger partial charge in [-0.25, -0.2) is 4.79 Å². The van der Waals surface area contributed by atoms with Gasteiger partial charge in [-0.15, -0.1) is 11.3 Å². The van der Waals surface area contributed by atoms with Crippen molar-refractivity contribution in [2.75, 3.05) is 18.6 Å². The van der Waals surface area contributed by atoms with Crippen molar-refractivity contribution in [1.29, 1.82) is 0 Å². The van der Waals surface area contributed by atoms with E-state index in [9.17, 15) is 9.59 Å². The lowest BCUT2D eigenvalue weighted by Crippen LogP contribution is -2.18. The van der Waals surface area contributed by atoms with Gasteiger partial charge in [0.05, 0.1) is 18.5 Å². The minimum absolute atomic E-state index is 0.185. The number of aromatic nitrogens is 1. The number of nitrogens with two attached hydrogens (primary N) is 2. The number of fused-ring (bicyclic) bond motifs is 3. The second-order valence-corrected chi connectivity index (χ2v) is 6.79. The molecule has 6 nitrogen and oxygen atoms in total. The molecule has 2 aromatic carbocycles. The fourth-order valence-electron chi connectivity index (χ4n) is 3.05. The van der Waals surface area contributed by atoms with Crippen molar-refractivity contribution >= 4 is 49.7 Å². The van der Waals surface area contributed by atoms with Gasteiger partial charge in [0.25, 0.3) is 5.56 Å². The van der Waals surface area contributed by atoms with Gasteiger partial charge in [0.1, 0.15) is 9.71 Å². The molecule has 0 aliphatic rings. The van der Waals surface area contributed by atoms with Gasteiger partial charge in [0, 0.05) is 16.5 Å². The average Bonchev–Trinajstić information content (AvgIpc) is 3.00. The number of methoxy groups -OCH3 is 1. The maximum Gasteiger partial charge on any atom is 0.350 e. The monoisotopic (exact) mass is 365 g/mol. The molecule has 0 spiro atoms. The SMILES string of the molecule is COC(=O)c1sc2c(c1N)c1ccccc1c(=O)n2-c1ccc(N)cc1. The number of benzene rings is 2. The van der Waals surface area contributed by atoms with Gasteiger partial charge in [-0.1, -0.05) is 18.2 Å². The van der Waals surface area contributed by atoms with Crippen molar-refractivity contribution in [3.63, 3.8) is 0 Å². The van der Waals surface area contributed by atoms with Crippen LogP contribution >= 0.6 is 11.3 Å². The van der Waals surface area contributed by atoms with Crippen LogP contribution in [-0.4, -0.2) is 17.6 Å². The fourth-order valence-corrected chi connectivity index (χ4v) is 4.23. The number of ether oxygens (including phenoxy) is 1. The van der Waals surface area contributed by atoms with Crippen molar-refractivity contribution in [1.82, 2.24) is 4.57 Å². The van der Waals surface area contributed by atoms with Crippen molar-refractivity contribution in [3.05, 3.63) is 63.8 Å². The highest BCUT2D eigenvalue weighted by molar-refractivity contribution is 7.21. The molecule has 0 saturated heterocycles. The van der Waals surface area contributed by atoms with E-state index >= 15 is 0 Å². The molecule has 0 fully saturated rings. The van der Waals surface area contributed by atoms with Crippen LogP contribution in [0.1, 0.15) is 9.67 Å². The van der Waals surface area contributed by atoms with Crippen LogP contribution in [0.3, 0.4) is 0 Å². The topological polar surface area (TPSA) is 100 Å². The third-order valence-corrected chi connectivity index (χ3v) is 5.45. The van der Waals surface area contributed by atoms with Crippen molar-refractivity contribution in [2.24, 2.45) is 0 Å². The Morgan fingerprint density at radius 3 is 2.35 bits per heavy atom. The number of carbonyl (C=O) groups excluding carboxylic acids is 1. The van der Waals surface area contributed by atoms with E-state index in [0.717, 1.165) is 11.3 Å². The van der Waals surface area contributed by atoms with Crippen LogP contribution < -0.4 is 17.0 Å². The first-order valence-corrected chi connectivity index (χ1v) is 8.64. The summed E-state index contributed by atoms with van der Waals surface area (Å²) < 4.78 is 6.40. The number of nitrogens with zero attached hydrogens (tertiary/aromatic N) is 1. The van der Waals surface area contributed by atoms with Gasteiger partial charge in [-0.3, -0.25) is 9.36 Å². The molecule has 2 aromatic heterocycles. The quantitative estimate of drug-likeness (QED) is 0.420. The first-order chi connectivity index (χ1) is 12.5. The molecule has 0 unspecified atom stereocenters. The Morgan fingerprint density at radius 1 is 1.04 bits per heavy atom. The molecule has 4 aromatic rings. The normalized spacial score (nSPS) is 11.1. The van der Waals surface area contributed by atoms with Crippen molar-refractivity contribution in [3.8, 4) is 5.69 Å². The van der Waals surface area contributed by atoms with E-state index in [0.29, 0.717) is 38.1 Å². The van der Waals surface area contributed by atoms with Crippen LogP contribution in [0.5, 0.6) is 0 Å². The van der Waals surface area contributed by atoms with Crippen molar-refractivity contribution in [2.45, 2.75) is 0 Å². The molecule has 0 radical (unpaired) electrons. The summed E-state index contributed by atoms with van der Waals surface area (Å²) in [6, 6.07) is 14.2. The van der Waals surface area contributed by atoms with Gasteiger partial charge < -0.3 is 16.2 Å². The summed E-state index contributed by atoms with van der Waals surface area (Å²) in [6.07, 6.45) is 0. The van der Waals surface area contributed by atoms with E-state index in [4.69, 9.17) is 16.2 Å². The van der Waals surface area contributed by atoms with Crippen LogP contribution in [0, 0.1) is 0 Å². The predicted molar refractivity (Wildman–Crippen MR) is 105 cm³/mol. The molecule has 130 valence electrons. The number of hydrogen-bond acceptors (Lipinski definition) is 6. The number of hydrogen-bond donors (Lipinski definition) is 2. The first-order valence-electron chi connectivity index (χ1n) is 7.83. The van der Waals surface area contributed by atoms with Crippen molar-refractivity contribution < 1.29 is 9.53 Å². The number of esters is 1. The van der Waals surface area contributed by atoms with Crippen LogP contribution in [-0.2, 0) is 4.74 Å². The minimum atomic E-state index is -0.524. The zero-order valence-electron chi connectivity index (χ0n) is 13.9. The van der Waals surface area contributed by atoms with E-state index in [1.54, 1.807) is 41.0 Å². The molecule has 0 amide bonds. The molecule has 0 aliphatic heterocycles. The molecular formula is C19H15N3O3S. The lowest BCUT2D eigenvalue weighted by Gasteiger charge is -2.10. The lowest BCUT2D eigenvalue weighted by molar-refractivity contribution is 0.0607. The molecule has 4 rings (SSSR count). The fraction of sp³-hybridized carbons (Fsp3) is 0.0526. The third-order valence-electron chi connectivity index (χ3n) is 4.28. The zero-order valence-corrected chi connectivity index (χ0v) is 14.7. The molecular weight excluding hydrogens is 350 g/mol. The molecule has 0 atom stereocenters. The van der Waals surface area contributed by atoms with E-state index in [2.05, 4.69) is 0 Å². The summed E-state index contributed by atoms with van der Waals surface area (Å²) in [5, 5.41) is 1.91. The first kappa shape index (κ1) is 16.2. The highest BCUT2D eigenvalue weighted by Gasteiger charge is 2.23. The maximum absolute atomic E-state index is 13.2. The Bertz CT molecular complexity index is 1220. The number of nitrogen functional groups attached to an aromatic ring is 2. The third kappa shape index (κ3) is 2.25. The Morgan fingerprint density at radius 2 is 1.69 bits per heavy atom. The zero-order chi connectivity index (χ0) is 18.4. The predicted octanol–water partition coefficient (Wildman–Crippen LogP) is 3.16. The standard InChI is InChI=1S/C19H15N3O3S/c1-25-19(24)16-15(21)14-12-4-2-3-5-13(12)17(23)22(18(14)26-16)11-8-6-10(20)7-9-11/h2-9H,20-21H2,1H3. The largest absolute Gasteiger partial charge is 0.465 e. The van der Waals surface area contributed by atoms with Crippen LogP contribution in [0.25, 0.3) is 26.7 Å². The minimum Gasteiger partial charge on any atom is -0.465 e. The molecule has 2 heterocycles. The second-order valence-electron chi connectivity index (χ2n) is 5.79. The molecule has 7 heteroatoms. The van der Waals surface area contributed by atoms with Gasteiger partial charge in [-0.05, 0) is 35.7 Å². The smallest absolute Gasteiger partial charge is 0.350 e. The highest BCUT2D eigenvalue weighted by atomic mass is 32.1. The highest BCUT2D eigenvalue weighted by Crippen LogP contribution is 2.38. The molecule has 0 saturated carbocycles. The Balaban J connectivity index is 2.22. The summed E-state index contributed by atoms with van der Waals surface area (Å²) in [4.78, 5) is 26.2. The Kier molecular flexibility index (Phi) is 3.66. The van der Waals surface area contributed by atoms with E-state index in [1.165, 1.54) is 7.11 Å². The average molecular weight is 365 g/mol. The molecule has 0 aliphatic carbocycles. The molecule has 0 bridgehead atoms. The van der Waals surface area contributed by atoms with Crippen LogP contribution in [0.15, 0.2) is 53.3 Å². The summed E-state index contributed by atoms with van der Waals surface area (Å²) in [7, 11) is 1.30. The Labute approximate surface area is 152 Å².